The largest absolute Gasteiger partial charge is 0.504 e. The van der Waals surface area contributed by atoms with Gasteiger partial charge in [-0.15, -0.1) is 0 Å². The van der Waals surface area contributed by atoms with Gasteiger partial charge in [-0.1, -0.05) is 59.3 Å². The molecule has 5 N–H and O–H groups in total. The summed E-state index contributed by atoms with van der Waals surface area (Å²) in [4.78, 5) is 26.1. The van der Waals surface area contributed by atoms with E-state index in [0.29, 0.717) is 24.3 Å². The normalized spacial score (nSPS) is 46.0. The molecule has 6 rings (SSSR count). The molecule has 0 heterocycles. The van der Waals surface area contributed by atoms with Gasteiger partial charge in [0, 0.05) is 11.5 Å². The van der Waals surface area contributed by atoms with Gasteiger partial charge in [-0.2, -0.15) is 0 Å². The third-order valence-corrected chi connectivity index (χ3v) is 15.1. The molecule has 0 aliphatic heterocycles. The number of rotatable bonds is 5. The predicted molar refractivity (Wildman–Crippen MR) is 178 cm³/mol. The van der Waals surface area contributed by atoms with Crippen molar-refractivity contribution in [2.75, 3.05) is 6.61 Å². The number of aromatic hydroxyl groups is 2. The number of hydrogen-bond acceptors (Lipinski definition) is 7. The Bertz CT molecular complexity index is 1500. The highest BCUT2D eigenvalue weighted by molar-refractivity contribution is 5.87. The van der Waals surface area contributed by atoms with Crippen LogP contribution in [0.25, 0.3) is 6.08 Å². The number of hydrogen-bond donors (Lipinski definition) is 5. The lowest BCUT2D eigenvalue weighted by molar-refractivity contribution is -0.249. The average Bonchev–Trinajstić information content (AvgIpc) is 3.01. The van der Waals surface area contributed by atoms with Crippen molar-refractivity contribution in [3.8, 4) is 11.5 Å². The molecular weight excluding hydrogens is 596 g/mol. The molecular formula is C39H54O8. The summed E-state index contributed by atoms with van der Waals surface area (Å²) in [6.07, 6.45) is 9.43. The van der Waals surface area contributed by atoms with E-state index in [4.69, 9.17) is 4.74 Å². The quantitative estimate of drug-likeness (QED) is 0.102. The molecule has 4 saturated carbocycles. The van der Waals surface area contributed by atoms with Gasteiger partial charge >= 0.3 is 11.9 Å². The molecule has 258 valence electrons. The number of fused-ring (bicyclic) bond motifs is 7. The minimum Gasteiger partial charge on any atom is -0.504 e. The van der Waals surface area contributed by atoms with Gasteiger partial charge in [0.25, 0.3) is 0 Å². The Labute approximate surface area is 278 Å². The van der Waals surface area contributed by atoms with Crippen LogP contribution in [0, 0.1) is 56.7 Å². The number of carbonyl (C=O) groups is 2. The van der Waals surface area contributed by atoms with Gasteiger partial charge < -0.3 is 30.3 Å². The van der Waals surface area contributed by atoms with Crippen molar-refractivity contribution in [3.63, 3.8) is 0 Å². The highest BCUT2D eigenvalue weighted by Crippen LogP contribution is 2.76. The Morgan fingerprint density at radius 3 is 2.36 bits per heavy atom. The van der Waals surface area contributed by atoms with Gasteiger partial charge in [0.1, 0.15) is 6.10 Å². The van der Waals surface area contributed by atoms with Crippen LogP contribution in [0.5, 0.6) is 11.5 Å². The summed E-state index contributed by atoms with van der Waals surface area (Å²) >= 11 is 0. The molecule has 0 amide bonds. The Kier molecular flexibility index (Phi) is 8.23. The number of phenols is 2. The van der Waals surface area contributed by atoms with Crippen molar-refractivity contribution in [2.45, 2.75) is 105 Å². The van der Waals surface area contributed by atoms with Gasteiger partial charge in [0.15, 0.2) is 11.5 Å². The molecule has 5 aliphatic rings. The van der Waals surface area contributed by atoms with Gasteiger partial charge in [-0.05, 0) is 121 Å². The predicted octanol–water partition coefficient (Wildman–Crippen LogP) is 6.71. The number of esters is 1. The Morgan fingerprint density at radius 1 is 0.979 bits per heavy atom. The zero-order valence-corrected chi connectivity index (χ0v) is 28.8. The van der Waals surface area contributed by atoms with Crippen LogP contribution in [0.2, 0.25) is 0 Å². The fraction of sp³-hybridized carbons (Fsp3) is 0.692. The van der Waals surface area contributed by atoms with E-state index < -0.39 is 35.0 Å². The first-order chi connectivity index (χ1) is 22.0. The molecule has 8 nitrogen and oxygen atoms in total. The smallest absolute Gasteiger partial charge is 0.331 e. The van der Waals surface area contributed by atoms with Crippen LogP contribution in [0.4, 0.5) is 0 Å². The van der Waals surface area contributed by atoms with Crippen LogP contribution in [0.1, 0.15) is 98.5 Å². The molecule has 0 radical (unpaired) electrons. The molecule has 0 aromatic heterocycles. The summed E-state index contributed by atoms with van der Waals surface area (Å²) in [5.74, 6) is -0.868. The van der Waals surface area contributed by atoms with Crippen LogP contribution in [0.3, 0.4) is 0 Å². The zero-order valence-electron chi connectivity index (χ0n) is 28.8. The molecule has 8 heteroatoms. The first kappa shape index (κ1) is 34.0. The fourth-order valence-electron chi connectivity index (χ4n) is 12.2. The Balaban J connectivity index is 1.31. The number of carboxylic acids is 1. The topological polar surface area (TPSA) is 145 Å². The molecule has 0 unspecified atom stereocenters. The highest BCUT2D eigenvalue weighted by Gasteiger charge is 2.71. The van der Waals surface area contributed by atoms with Crippen LogP contribution < -0.4 is 0 Å². The third-order valence-electron chi connectivity index (χ3n) is 15.1. The van der Waals surface area contributed by atoms with Crippen LogP contribution in [-0.4, -0.2) is 56.3 Å². The SMILES string of the molecule is C[C@H]1[C@H](C)CC[C@]2(C(=O)O)CC[C@]3(C)C(=CC[C@@H]4[C@@]5(C)C[C@@H](O)[C@H](OC(=O)/C=C/c6ccc(O)c(O)c6)[C@@](C)(CO)[C@@H]5CC[C@]43C)[C@H]12. The summed E-state index contributed by atoms with van der Waals surface area (Å²) < 4.78 is 5.95. The van der Waals surface area contributed by atoms with Crippen LogP contribution in [0.15, 0.2) is 35.9 Å². The molecule has 0 spiro atoms. The monoisotopic (exact) mass is 650 g/mol. The maximum atomic E-state index is 13.1. The number of aliphatic carboxylic acids is 1. The van der Waals surface area contributed by atoms with Crippen molar-refractivity contribution in [1.82, 2.24) is 0 Å². The van der Waals surface area contributed by atoms with Crippen LogP contribution in [-0.2, 0) is 14.3 Å². The number of phenolic OH excluding ortho intramolecular Hbond substituents is 2. The lowest BCUT2D eigenvalue weighted by Gasteiger charge is -2.71. The number of benzene rings is 1. The van der Waals surface area contributed by atoms with E-state index in [1.807, 2.05) is 6.92 Å². The van der Waals surface area contributed by atoms with Gasteiger partial charge in [0.05, 0.1) is 18.1 Å². The average molecular weight is 651 g/mol. The van der Waals surface area contributed by atoms with E-state index in [0.717, 1.165) is 38.5 Å². The summed E-state index contributed by atoms with van der Waals surface area (Å²) in [5, 5.41) is 52.8. The van der Waals surface area contributed by atoms with E-state index in [1.54, 1.807) is 6.07 Å². The maximum Gasteiger partial charge on any atom is 0.331 e. The van der Waals surface area contributed by atoms with Crippen molar-refractivity contribution in [2.24, 2.45) is 56.7 Å². The van der Waals surface area contributed by atoms with Crippen molar-refractivity contribution >= 4 is 18.0 Å². The molecule has 0 saturated heterocycles. The number of aliphatic hydroxyl groups is 2. The second-order valence-corrected chi connectivity index (χ2v) is 17.0. The number of allylic oxidation sites excluding steroid dienone is 2. The van der Waals surface area contributed by atoms with Crippen LogP contribution >= 0.6 is 0 Å². The first-order valence-electron chi connectivity index (χ1n) is 17.6. The highest BCUT2D eigenvalue weighted by atomic mass is 16.6. The van der Waals surface area contributed by atoms with E-state index in [9.17, 15) is 35.1 Å². The summed E-state index contributed by atoms with van der Waals surface area (Å²) in [7, 11) is 0. The third kappa shape index (κ3) is 4.74. The number of carbonyl (C=O) groups excluding carboxylic acids is 1. The molecule has 5 aliphatic carbocycles. The van der Waals surface area contributed by atoms with E-state index in [1.165, 1.54) is 29.9 Å². The van der Waals surface area contributed by atoms with Crippen molar-refractivity contribution in [1.29, 1.82) is 0 Å². The number of aliphatic hydroxyl groups excluding tert-OH is 2. The van der Waals surface area contributed by atoms with Crippen molar-refractivity contribution in [3.05, 3.63) is 41.5 Å². The molecule has 47 heavy (non-hydrogen) atoms. The lowest BCUT2D eigenvalue weighted by atomic mass is 9.33. The number of carboxylic acid groups (broad SMARTS) is 1. The van der Waals surface area contributed by atoms with Gasteiger partial charge in [-0.3, -0.25) is 4.79 Å². The Hall–Kier alpha value is -2.84. The summed E-state index contributed by atoms with van der Waals surface area (Å²) in [6, 6.07) is 4.23. The summed E-state index contributed by atoms with van der Waals surface area (Å²) in [6.45, 7) is 13.3. The molecule has 0 bridgehead atoms. The second kappa shape index (κ2) is 11.4. The first-order valence-corrected chi connectivity index (χ1v) is 17.6. The Morgan fingerprint density at radius 2 is 1.70 bits per heavy atom. The van der Waals surface area contributed by atoms with E-state index in [-0.39, 0.29) is 58.0 Å². The second-order valence-electron chi connectivity index (χ2n) is 17.0. The van der Waals surface area contributed by atoms with Crippen molar-refractivity contribution < 1.29 is 39.9 Å². The lowest BCUT2D eigenvalue weighted by Crippen LogP contribution is -2.68. The minimum absolute atomic E-state index is 0.00817. The standard InChI is InChI=1S/C39H54O8/c1-22-13-16-39(34(45)46)18-17-37(5)25(32(39)23(22)2)9-11-30-35(3)20-28(43)33(36(4,21-40)29(35)14-15-38(30,37)6)47-31(44)12-8-24-7-10-26(41)27(42)19-24/h7-10,12,19,22-23,28-30,32-33,40-43H,11,13-18,20-21H2,1-6H3,(H,45,46)/b12-8+/t22-,23+,28-,29-,30-,32+,33+,35+,36+,37-,38-,39+/m1/s1. The minimum atomic E-state index is -0.978. The van der Waals surface area contributed by atoms with E-state index in [2.05, 4.69) is 40.7 Å². The van der Waals surface area contributed by atoms with E-state index >= 15 is 0 Å². The molecule has 12 atom stereocenters. The maximum absolute atomic E-state index is 13.1. The van der Waals surface area contributed by atoms with Gasteiger partial charge in [0.2, 0.25) is 0 Å². The molecule has 1 aromatic rings. The molecule has 1 aromatic carbocycles. The molecule has 4 fully saturated rings. The number of ether oxygens (including phenoxy) is 1. The zero-order chi connectivity index (χ0) is 34.3. The summed E-state index contributed by atoms with van der Waals surface area (Å²) in [5.41, 5.74) is -0.355. The van der Waals surface area contributed by atoms with Gasteiger partial charge in [-0.25, -0.2) is 4.79 Å². The fourth-order valence-corrected chi connectivity index (χ4v) is 12.2.